The van der Waals surface area contributed by atoms with Gasteiger partial charge in [0.25, 0.3) is 0 Å². The average molecular weight is 962 g/mol. The smallest absolute Gasteiger partial charge is 0.169 e. The molecule has 0 aromatic rings. The van der Waals surface area contributed by atoms with Crippen molar-refractivity contribution in [1.82, 2.24) is 0 Å². The van der Waals surface area contributed by atoms with Crippen molar-refractivity contribution in [1.29, 1.82) is 0 Å². The normalized spacial score (nSPS) is 33.6. The van der Waals surface area contributed by atoms with E-state index < -0.39 is 0 Å². The summed E-state index contributed by atoms with van der Waals surface area (Å²) < 4.78 is 51.9. The molecule has 2 atom stereocenters. The average Bonchev–Trinajstić information content (AvgIpc) is 3.92. The number of hydrogen-bond acceptors (Lipinski definition) is 9. The molecule has 10 rings (SSSR count). The van der Waals surface area contributed by atoms with Gasteiger partial charge in [-0.2, -0.15) is 0 Å². The third kappa shape index (κ3) is 19.0. The number of rotatable bonds is 1. The highest BCUT2D eigenvalue weighted by Crippen LogP contribution is 2.44. The molecule has 9 nitrogen and oxygen atoms in total. The number of hydrogen-bond donors (Lipinski definition) is 0. The van der Waals surface area contributed by atoms with Crippen LogP contribution in [-0.4, -0.2) is 87.7 Å². The monoisotopic (exact) mass is 961 g/mol. The topological polar surface area (TPSA) is 83.1 Å². The first-order valence-corrected chi connectivity index (χ1v) is 28.6. The third-order valence-corrected chi connectivity index (χ3v) is 17.7. The van der Waals surface area contributed by atoms with Crippen LogP contribution in [0.2, 0.25) is 0 Å². The summed E-state index contributed by atoms with van der Waals surface area (Å²) in [4.78, 5) is 0. The van der Waals surface area contributed by atoms with Crippen molar-refractivity contribution >= 4 is 0 Å². The molecule has 0 radical (unpaired) electrons. The van der Waals surface area contributed by atoms with E-state index in [1.807, 2.05) is 7.11 Å². The molecule has 0 aromatic heterocycles. The lowest BCUT2D eigenvalue weighted by Gasteiger charge is -2.46. The lowest BCUT2D eigenvalue weighted by molar-refractivity contribution is -0.312. The molecule has 68 heavy (non-hydrogen) atoms. The van der Waals surface area contributed by atoms with Crippen molar-refractivity contribution in [2.24, 2.45) is 40.9 Å². The van der Waals surface area contributed by atoms with E-state index in [0.29, 0.717) is 0 Å². The fraction of sp³-hybridized carbons (Fsp3) is 0.966. The predicted octanol–water partition coefficient (Wildman–Crippen LogP) is 15.3. The minimum absolute atomic E-state index is 0.146. The van der Waals surface area contributed by atoms with Crippen LogP contribution in [0.25, 0.3) is 0 Å². The van der Waals surface area contributed by atoms with Crippen molar-refractivity contribution in [3.8, 4) is 0 Å². The van der Waals surface area contributed by atoms with Gasteiger partial charge in [-0.25, -0.2) is 0 Å². The standard InChI is InChI=1S/C12H22O2.C11H20O2.C10H18O2.C9H16O2.C9H18O.C8H14/c1-10-4-6-12(7-5-10)13-8-11(2,3)9-14-12;1-8-4-6-11(7-5-8)12-9(2)10(3)13-11;1-9-3-5-10(6-4-9)11-7-2-8-12-10;1-8-2-4-9(5-3-8)10-6-7-11-9;1-8-4-6-9(2,10-3)7-5-8;1-7-3-5-8(2)6-4-7/h10H,4-9H2,1-3H3;8-10H,4-7H2,1-3H3;9H,2-8H2,1H3;8H,2-7H2,1H3;8H,4-7H2,1-3H3;8H,1,3-6H2,2H3. The van der Waals surface area contributed by atoms with E-state index in [1.165, 1.54) is 108 Å². The second kappa shape index (κ2) is 27.1. The molecule has 4 heterocycles. The first-order valence-electron chi connectivity index (χ1n) is 28.6. The summed E-state index contributed by atoms with van der Waals surface area (Å²) in [7, 11) is 1.83. The van der Waals surface area contributed by atoms with E-state index in [2.05, 4.69) is 82.7 Å². The van der Waals surface area contributed by atoms with Gasteiger partial charge in [0, 0.05) is 63.9 Å². The van der Waals surface area contributed by atoms with Crippen molar-refractivity contribution in [3.63, 3.8) is 0 Å². The van der Waals surface area contributed by atoms with Gasteiger partial charge in [0.2, 0.25) is 0 Å². The van der Waals surface area contributed by atoms with Crippen LogP contribution in [0.4, 0.5) is 0 Å². The number of ether oxygens (including phenoxy) is 9. The minimum atomic E-state index is -0.206. The predicted molar refractivity (Wildman–Crippen MR) is 276 cm³/mol. The SMILES string of the molecule is C=C1CCC(C)CC1.CC1CCC2(CC1)OC(C)C(C)O2.CC1CCC2(CC1)OCC(C)(C)CO2.CC1CCC2(CC1)OCCCO2.CC1CCC2(CC1)OCCO2.COC1(C)CCC(C)CC1. The number of allylic oxidation sites excluding steroid dienone is 1. The zero-order valence-electron chi connectivity index (χ0n) is 46.4. The van der Waals surface area contributed by atoms with Crippen molar-refractivity contribution in [2.75, 3.05) is 46.8 Å². The minimum Gasteiger partial charge on any atom is -0.379 e. The summed E-state index contributed by atoms with van der Waals surface area (Å²) >= 11 is 0. The molecule has 0 bridgehead atoms. The van der Waals surface area contributed by atoms with Crippen molar-refractivity contribution < 1.29 is 42.6 Å². The maximum atomic E-state index is 5.95. The Morgan fingerprint density at radius 1 is 0.397 bits per heavy atom. The molecule has 4 spiro atoms. The van der Waals surface area contributed by atoms with Gasteiger partial charge in [-0.15, -0.1) is 0 Å². The molecule has 10 fully saturated rings. The molecular weight excluding hydrogens is 853 g/mol. The Labute approximate surface area is 418 Å². The maximum Gasteiger partial charge on any atom is 0.169 e. The van der Waals surface area contributed by atoms with E-state index in [9.17, 15) is 0 Å². The van der Waals surface area contributed by atoms with Crippen LogP contribution in [0.1, 0.15) is 237 Å². The summed E-state index contributed by atoms with van der Waals surface area (Å²) in [6, 6.07) is 0. The number of methoxy groups -OCH3 is 1. The van der Waals surface area contributed by atoms with E-state index in [4.69, 9.17) is 42.6 Å². The third-order valence-electron chi connectivity index (χ3n) is 17.7. The lowest BCUT2D eigenvalue weighted by atomic mass is 9.81. The Morgan fingerprint density at radius 3 is 1.03 bits per heavy atom. The molecule has 6 aliphatic carbocycles. The molecule has 0 N–H and O–H groups in total. The van der Waals surface area contributed by atoms with Gasteiger partial charge in [0.15, 0.2) is 23.1 Å². The quantitative estimate of drug-likeness (QED) is 0.239. The van der Waals surface area contributed by atoms with Gasteiger partial charge < -0.3 is 42.6 Å². The summed E-state index contributed by atoms with van der Waals surface area (Å²) in [5.41, 5.74) is 1.86. The maximum absolute atomic E-state index is 5.95. The van der Waals surface area contributed by atoms with Crippen LogP contribution in [-0.2, 0) is 42.6 Å². The zero-order chi connectivity index (χ0) is 49.5. The Morgan fingerprint density at radius 2 is 0.691 bits per heavy atom. The van der Waals surface area contributed by atoms with Gasteiger partial charge in [-0.1, -0.05) is 67.5 Å². The Balaban J connectivity index is 0.000000154. The van der Waals surface area contributed by atoms with E-state index in [-0.39, 0.29) is 46.4 Å². The van der Waals surface area contributed by atoms with Gasteiger partial charge in [0.05, 0.1) is 57.5 Å². The molecule has 4 aliphatic heterocycles. The van der Waals surface area contributed by atoms with Gasteiger partial charge >= 0.3 is 0 Å². The molecule has 0 aromatic carbocycles. The first-order chi connectivity index (χ1) is 32.2. The lowest BCUT2D eigenvalue weighted by Crippen LogP contribution is -2.49. The van der Waals surface area contributed by atoms with E-state index in [0.717, 1.165) is 133 Å². The summed E-state index contributed by atoms with van der Waals surface area (Å²) in [5, 5.41) is 0. The second-order valence-corrected chi connectivity index (χ2v) is 25.3. The fourth-order valence-electron chi connectivity index (χ4n) is 11.4. The highest BCUT2D eigenvalue weighted by atomic mass is 16.8. The Bertz CT molecular complexity index is 1360. The van der Waals surface area contributed by atoms with Crippen molar-refractivity contribution in [2.45, 2.75) is 278 Å². The Kier molecular flexibility index (Phi) is 23.2. The van der Waals surface area contributed by atoms with Crippen LogP contribution in [0.15, 0.2) is 12.2 Å². The van der Waals surface area contributed by atoms with E-state index in [1.54, 1.807) is 0 Å². The molecule has 0 amide bonds. The largest absolute Gasteiger partial charge is 0.379 e. The van der Waals surface area contributed by atoms with Crippen LogP contribution in [0.5, 0.6) is 0 Å². The second-order valence-electron chi connectivity index (χ2n) is 25.3. The molecular formula is C59H108O9. The van der Waals surface area contributed by atoms with Crippen LogP contribution in [0, 0.1) is 40.9 Å². The summed E-state index contributed by atoms with van der Waals surface area (Å²) in [6.45, 7) is 33.8. The summed E-state index contributed by atoms with van der Waals surface area (Å²) in [6.07, 6.45) is 30.9. The molecule has 398 valence electrons. The molecule has 2 unspecified atom stereocenters. The van der Waals surface area contributed by atoms with Gasteiger partial charge in [-0.05, 0) is 165 Å². The molecule has 6 saturated carbocycles. The molecule has 4 saturated heterocycles. The van der Waals surface area contributed by atoms with Crippen molar-refractivity contribution in [3.05, 3.63) is 12.2 Å². The van der Waals surface area contributed by atoms with Crippen LogP contribution >= 0.6 is 0 Å². The summed E-state index contributed by atoms with van der Waals surface area (Å²) in [5.74, 6) is 4.60. The highest BCUT2D eigenvalue weighted by molar-refractivity contribution is 4.97. The van der Waals surface area contributed by atoms with Gasteiger partial charge in [-0.3, -0.25) is 0 Å². The molecule has 10 aliphatic rings. The molecule has 9 heteroatoms. The fourth-order valence-corrected chi connectivity index (χ4v) is 11.4. The highest BCUT2D eigenvalue weighted by Gasteiger charge is 2.46. The Hall–Kier alpha value is -0.620. The van der Waals surface area contributed by atoms with Crippen LogP contribution in [0.3, 0.4) is 0 Å². The van der Waals surface area contributed by atoms with Crippen LogP contribution < -0.4 is 0 Å². The zero-order valence-corrected chi connectivity index (χ0v) is 46.4. The van der Waals surface area contributed by atoms with Gasteiger partial charge in [0.1, 0.15) is 0 Å². The van der Waals surface area contributed by atoms with E-state index >= 15 is 0 Å². The first kappa shape index (κ1) is 58.3.